The fourth-order valence-electron chi connectivity index (χ4n) is 1.34. The predicted molar refractivity (Wildman–Crippen MR) is 68.0 cm³/mol. The van der Waals surface area contributed by atoms with Crippen molar-refractivity contribution in [2.24, 2.45) is 5.92 Å². The second-order valence-corrected chi connectivity index (χ2v) is 4.69. The molecule has 18 heavy (non-hydrogen) atoms. The minimum Gasteiger partial charge on any atom is -0.481 e. The lowest BCUT2D eigenvalue weighted by Crippen LogP contribution is -2.29. The third-order valence-electron chi connectivity index (χ3n) is 2.16. The topological polar surface area (TPSA) is 79.3 Å². The maximum absolute atomic E-state index is 11.7. The van der Waals surface area contributed by atoms with Crippen LogP contribution in [0.3, 0.4) is 0 Å². The van der Waals surface area contributed by atoms with Crippen LogP contribution < -0.4 is 5.32 Å². The Morgan fingerprint density at radius 2 is 1.94 bits per heavy atom. The van der Waals surface area contributed by atoms with Gasteiger partial charge in [0.25, 0.3) is 5.91 Å². The Labute approximate surface area is 114 Å². The molecular weight excluding hydrogens is 279 g/mol. The normalized spacial score (nSPS) is 11.9. The summed E-state index contributed by atoms with van der Waals surface area (Å²) in [4.78, 5) is 25.9. The highest BCUT2D eigenvalue weighted by Crippen LogP contribution is 2.14. The Morgan fingerprint density at radius 3 is 2.44 bits per heavy atom. The van der Waals surface area contributed by atoms with Crippen molar-refractivity contribution in [3.63, 3.8) is 0 Å². The minimum atomic E-state index is -0.897. The molecule has 0 saturated heterocycles. The second-order valence-electron chi connectivity index (χ2n) is 3.91. The number of nitrogens with zero attached hydrogens (tertiary/aromatic N) is 1. The number of carbonyl (C=O) groups excluding carboxylic acids is 1. The van der Waals surface area contributed by atoms with E-state index in [0.717, 1.165) is 0 Å². The maximum Gasteiger partial charge on any atom is 0.303 e. The van der Waals surface area contributed by atoms with Crippen molar-refractivity contribution >= 4 is 35.1 Å². The van der Waals surface area contributed by atoms with Crippen LogP contribution >= 0.6 is 23.2 Å². The largest absolute Gasteiger partial charge is 0.481 e. The highest BCUT2D eigenvalue weighted by atomic mass is 35.5. The van der Waals surface area contributed by atoms with Crippen molar-refractivity contribution in [1.82, 2.24) is 10.3 Å². The molecule has 0 spiro atoms. The number of hydrogen-bond donors (Lipinski definition) is 2. The van der Waals surface area contributed by atoms with Gasteiger partial charge in [-0.15, -0.1) is 0 Å². The predicted octanol–water partition coefficient (Wildman–Crippen LogP) is 2.23. The first kappa shape index (κ1) is 14.7. The van der Waals surface area contributed by atoms with E-state index in [0.29, 0.717) is 5.56 Å². The molecule has 1 unspecified atom stereocenters. The van der Waals surface area contributed by atoms with Gasteiger partial charge >= 0.3 is 5.97 Å². The van der Waals surface area contributed by atoms with E-state index in [-0.39, 0.29) is 35.1 Å². The maximum atomic E-state index is 11.7. The molecule has 0 bridgehead atoms. The number of pyridine rings is 1. The summed E-state index contributed by atoms with van der Waals surface area (Å²) in [7, 11) is 0. The average Bonchev–Trinajstić information content (AvgIpc) is 2.23. The summed E-state index contributed by atoms with van der Waals surface area (Å²) in [6.45, 7) is 2.00. The van der Waals surface area contributed by atoms with E-state index in [1.54, 1.807) is 6.92 Å². The molecule has 0 saturated carbocycles. The van der Waals surface area contributed by atoms with Crippen LogP contribution in [-0.2, 0) is 4.79 Å². The number of hydrogen-bond acceptors (Lipinski definition) is 3. The van der Waals surface area contributed by atoms with E-state index < -0.39 is 5.97 Å². The van der Waals surface area contributed by atoms with Gasteiger partial charge in [-0.1, -0.05) is 30.1 Å². The molecule has 0 radical (unpaired) electrons. The number of carbonyl (C=O) groups is 2. The summed E-state index contributed by atoms with van der Waals surface area (Å²) in [5.74, 6) is -1.41. The molecule has 1 atom stereocenters. The Morgan fingerprint density at radius 1 is 1.39 bits per heavy atom. The molecule has 0 aliphatic heterocycles. The van der Waals surface area contributed by atoms with Crippen molar-refractivity contribution in [3.05, 3.63) is 28.0 Å². The third-order valence-corrected chi connectivity index (χ3v) is 2.55. The smallest absolute Gasteiger partial charge is 0.303 e. The first-order valence-corrected chi connectivity index (χ1v) is 5.97. The summed E-state index contributed by atoms with van der Waals surface area (Å²) in [5.41, 5.74) is 0.294. The fourth-order valence-corrected chi connectivity index (χ4v) is 1.80. The van der Waals surface area contributed by atoms with Crippen molar-refractivity contribution in [1.29, 1.82) is 0 Å². The lowest BCUT2D eigenvalue weighted by atomic mass is 10.1. The highest BCUT2D eigenvalue weighted by Gasteiger charge is 2.12. The van der Waals surface area contributed by atoms with Crippen molar-refractivity contribution in [2.75, 3.05) is 6.54 Å². The van der Waals surface area contributed by atoms with Gasteiger partial charge in [0, 0.05) is 18.5 Å². The van der Waals surface area contributed by atoms with Gasteiger partial charge in [0.1, 0.15) is 10.3 Å². The molecule has 0 aliphatic carbocycles. The highest BCUT2D eigenvalue weighted by molar-refractivity contribution is 6.33. The van der Waals surface area contributed by atoms with E-state index in [2.05, 4.69) is 10.3 Å². The zero-order chi connectivity index (χ0) is 13.7. The molecule has 0 aliphatic rings. The number of rotatable bonds is 5. The SMILES string of the molecule is CC(CNC(=O)c1cc(Cl)nc(Cl)c1)CC(=O)O. The van der Waals surface area contributed by atoms with Gasteiger partial charge in [-0.3, -0.25) is 9.59 Å². The number of halogens is 2. The van der Waals surface area contributed by atoms with Crippen LogP contribution in [0, 0.1) is 5.92 Å². The van der Waals surface area contributed by atoms with Crippen LogP contribution in [0.15, 0.2) is 12.1 Å². The molecule has 1 rings (SSSR count). The molecule has 0 aromatic carbocycles. The zero-order valence-electron chi connectivity index (χ0n) is 9.61. The number of amides is 1. The zero-order valence-corrected chi connectivity index (χ0v) is 11.1. The number of nitrogens with one attached hydrogen (secondary N) is 1. The molecule has 98 valence electrons. The lowest BCUT2D eigenvalue weighted by molar-refractivity contribution is -0.137. The molecule has 1 aromatic heterocycles. The first-order chi connectivity index (χ1) is 8.38. The van der Waals surface area contributed by atoms with Crippen molar-refractivity contribution in [2.45, 2.75) is 13.3 Å². The molecular formula is C11H12Cl2N2O3. The lowest BCUT2D eigenvalue weighted by Gasteiger charge is -2.10. The molecule has 5 nitrogen and oxygen atoms in total. The second kappa shape index (κ2) is 6.56. The van der Waals surface area contributed by atoms with Crippen LogP contribution in [-0.4, -0.2) is 28.5 Å². The number of aromatic nitrogens is 1. The number of aliphatic carboxylic acids is 1. The van der Waals surface area contributed by atoms with Gasteiger partial charge in [-0.25, -0.2) is 4.98 Å². The van der Waals surface area contributed by atoms with Crippen molar-refractivity contribution < 1.29 is 14.7 Å². The first-order valence-electron chi connectivity index (χ1n) is 5.21. The van der Waals surface area contributed by atoms with Gasteiger partial charge < -0.3 is 10.4 Å². The summed E-state index contributed by atoms with van der Waals surface area (Å²) in [6.07, 6.45) is -0.00185. The van der Waals surface area contributed by atoms with Gasteiger partial charge in [0.15, 0.2) is 0 Å². The monoisotopic (exact) mass is 290 g/mol. The molecule has 2 N–H and O–H groups in total. The average molecular weight is 291 g/mol. The Kier molecular flexibility index (Phi) is 5.37. The van der Waals surface area contributed by atoms with Crippen LogP contribution in [0.1, 0.15) is 23.7 Å². The quantitative estimate of drug-likeness (QED) is 0.815. The van der Waals surface area contributed by atoms with Gasteiger partial charge in [-0.2, -0.15) is 0 Å². The molecule has 1 heterocycles. The summed E-state index contributed by atoms with van der Waals surface area (Å²) in [5, 5.41) is 11.5. The Bertz CT molecular complexity index is 445. The van der Waals surface area contributed by atoms with Gasteiger partial charge in [0.05, 0.1) is 0 Å². The van der Waals surface area contributed by atoms with E-state index in [1.807, 2.05) is 0 Å². The van der Waals surface area contributed by atoms with Crippen LogP contribution in [0.2, 0.25) is 10.3 Å². The van der Waals surface area contributed by atoms with Gasteiger partial charge in [-0.05, 0) is 18.1 Å². The van der Waals surface area contributed by atoms with Gasteiger partial charge in [0.2, 0.25) is 0 Å². The fraction of sp³-hybridized carbons (Fsp3) is 0.364. The summed E-state index contributed by atoms with van der Waals surface area (Å²) in [6, 6.07) is 2.79. The number of carboxylic acid groups (broad SMARTS) is 1. The van der Waals surface area contributed by atoms with E-state index in [4.69, 9.17) is 28.3 Å². The van der Waals surface area contributed by atoms with Crippen molar-refractivity contribution in [3.8, 4) is 0 Å². The molecule has 0 fully saturated rings. The molecule has 1 amide bonds. The summed E-state index contributed by atoms with van der Waals surface area (Å²) >= 11 is 11.3. The van der Waals surface area contributed by atoms with E-state index >= 15 is 0 Å². The standard InChI is InChI=1S/C11H12Cl2N2O3/c1-6(2-10(16)17)5-14-11(18)7-3-8(12)15-9(13)4-7/h3-4,6H,2,5H2,1H3,(H,14,18)(H,16,17). The van der Waals surface area contributed by atoms with E-state index in [9.17, 15) is 9.59 Å². The van der Waals surface area contributed by atoms with Crippen LogP contribution in [0.5, 0.6) is 0 Å². The Hall–Kier alpha value is -1.33. The van der Waals surface area contributed by atoms with E-state index in [1.165, 1.54) is 12.1 Å². The molecule has 1 aromatic rings. The third kappa shape index (κ3) is 4.89. The minimum absolute atomic E-state index is 0.00185. The van der Waals surface area contributed by atoms with Crippen LogP contribution in [0.25, 0.3) is 0 Å². The van der Waals surface area contributed by atoms with Crippen LogP contribution in [0.4, 0.5) is 0 Å². The molecule has 7 heteroatoms. The number of carboxylic acids is 1. The summed E-state index contributed by atoms with van der Waals surface area (Å²) < 4.78 is 0. The Balaban J connectivity index is 2.57.